The minimum absolute atomic E-state index is 0.109. The summed E-state index contributed by atoms with van der Waals surface area (Å²) in [5.41, 5.74) is 0. The van der Waals surface area contributed by atoms with E-state index in [2.05, 4.69) is 112 Å². The zero-order valence-electron chi connectivity index (χ0n) is 41.5. The van der Waals surface area contributed by atoms with Crippen LogP contribution in [0.25, 0.3) is 0 Å². The van der Waals surface area contributed by atoms with E-state index < -0.39 is 6.10 Å². The van der Waals surface area contributed by atoms with Gasteiger partial charge in [0.2, 0.25) is 0 Å². The number of esters is 3. The second-order valence-corrected chi connectivity index (χ2v) is 17.0. The average molecular weight is 889 g/mol. The van der Waals surface area contributed by atoms with Crippen molar-refractivity contribution in [2.75, 3.05) is 13.2 Å². The molecule has 0 bridgehead atoms. The summed E-state index contributed by atoms with van der Waals surface area (Å²) < 4.78 is 16.7. The fourth-order valence-electron chi connectivity index (χ4n) is 6.87. The van der Waals surface area contributed by atoms with Gasteiger partial charge in [-0.15, -0.1) is 0 Å². The molecule has 6 nitrogen and oxygen atoms in total. The molecule has 364 valence electrons. The molecule has 0 aromatic carbocycles. The van der Waals surface area contributed by atoms with Gasteiger partial charge in [0.1, 0.15) is 13.2 Å². The van der Waals surface area contributed by atoms with E-state index >= 15 is 0 Å². The van der Waals surface area contributed by atoms with Gasteiger partial charge in [0.15, 0.2) is 6.10 Å². The maximum atomic E-state index is 12.8. The molecule has 0 N–H and O–H groups in total. The topological polar surface area (TPSA) is 78.9 Å². The Labute approximate surface area is 394 Å². The molecule has 0 aliphatic heterocycles. The summed E-state index contributed by atoms with van der Waals surface area (Å²) in [5, 5.41) is 0. The molecule has 0 fully saturated rings. The summed E-state index contributed by atoms with van der Waals surface area (Å²) in [6.45, 7) is 6.41. The van der Waals surface area contributed by atoms with Crippen LogP contribution in [-0.2, 0) is 28.6 Å². The van der Waals surface area contributed by atoms with Crippen molar-refractivity contribution in [2.24, 2.45) is 0 Å². The lowest BCUT2D eigenvalue weighted by Gasteiger charge is -2.18. The van der Waals surface area contributed by atoms with E-state index in [1.807, 2.05) is 6.08 Å². The first-order valence-corrected chi connectivity index (χ1v) is 26.2. The predicted molar refractivity (Wildman–Crippen MR) is 274 cm³/mol. The van der Waals surface area contributed by atoms with Crippen LogP contribution in [0.4, 0.5) is 0 Å². The lowest BCUT2D eigenvalue weighted by atomic mass is 10.1. The Morgan fingerprint density at radius 2 is 0.641 bits per heavy atom. The largest absolute Gasteiger partial charge is 0.462 e. The summed E-state index contributed by atoms with van der Waals surface area (Å²) in [6, 6.07) is 0. The highest BCUT2D eigenvalue weighted by Gasteiger charge is 2.19. The number of allylic oxidation sites excluding steroid dienone is 16. The van der Waals surface area contributed by atoms with Crippen LogP contribution in [0.5, 0.6) is 0 Å². The molecule has 6 heteroatoms. The van der Waals surface area contributed by atoms with Gasteiger partial charge >= 0.3 is 17.9 Å². The van der Waals surface area contributed by atoms with Gasteiger partial charge in [-0.25, -0.2) is 0 Å². The van der Waals surface area contributed by atoms with Gasteiger partial charge in [0, 0.05) is 19.3 Å². The van der Waals surface area contributed by atoms with E-state index in [4.69, 9.17) is 14.2 Å². The second-order valence-electron chi connectivity index (χ2n) is 17.0. The number of unbranched alkanes of at least 4 members (excludes halogenated alkanes) is 19. The molecule has 64 heavy (non-hydrogen) atoms. The van der Waals surface area contributed by atoms with Crippen LogP contribution in [0.1, 0.15) is 233 Å². The van der Waals surface area contributed by atoms with E-state index in [-0.39, 0.29) is 37.5 Å². The quantitative estimate of drug-likeness (QED) is 0.0262. The predicted octanol–water partition coefficient (Wildman–Crippen LogP) is 17.4. The Morgan fingerprint density at radius 3 is 1.06 bits per heavy atom. The molecule has 0 rings (SSSR count). The molecule has 0 radical (unpaired) electrons. The number of ether oxygens (including phenoxy) is 3. The third-order valence-electron chi connectivity index (χ3n) is 10.8. The number of hydrogen-bond donors (Lipinski definition) is 0. The van der Waals surface area contributed by atoms with Gasteiger partial charge in [-0.2, -0.15) is 0 Å². The third kappa shape index (κ3) is 49.3. The standard InChI is InChI=1S/C58H96O6/c1-4-7-10-13-16-19-22-25-27-28-29-30-31-34-36-39-42-45-48-51-57(60)63-54-55(53-62-56(59)50-47-44-41-38-35-32-24-21-18-15-12-9-6-3)64-58(61)52-49-46-43-40-37-33-26-23-20-17-14-11-8-5-2/h7,10,16,19,21,23-27,29-30,34,36,42,45,55H,4-6,8-9,11-15,17-18,20,22,28,31-33,35,37-41,43-44,46-54H2,1-3H3/b10-7-,19-16-,24-21-,26-23-,27-25-,30-29-,36-34-,45-42-. The summed E-state index contributed by atoms with van der Waals surface area (Å²) >= 11 is 0. The van der Waals surface area contributed by atoms with Gasteiger partial charge in [0.25, 0.3) is 0 Å². The molecule has 0 aliphatic carbocycles. The van der Waals surface area contributed by atoms with Gasteiger partial charge < -0.3 is 14.2 Å². The second kappa shape index (κ2) is 52.0. The van der Waals surface area contributed by atoms with Crippen molar-refractivity contribution in [3.8, 4) is 0 Å². The summed E-state index contributed by atoms with van der Waals surface area (Å²) in [5.74, 6) is -1.02. The molecule has 0 aromatic heterocycles. The summed E-state index contributed by atoms with van der Waals surface area (Å²) in [7, 11) is 0. The van der Waals surface area contributed by atoms with E-state index in [0.29, 0.717) is 19.3 Å². The maximum absolute atomic E-state index is 12.8. The number of hydrogen-bond acceptors (Lipinski definition) is 6. The van der Waals surface area contributed by atoms with Gasteiger partial charge in [-0.05, 0) is 109 Å². The zero-order chi connectivity index (χ0) is 46.5. The average Bonchev–Trinajstić information content (AvgIpc) is 3.29. The van der Waals surface area contributed by atoms with Gasteiger partial charge in [-0.3, -0.25) is 14.4 Å². The van der Waals surface area contributed by atoms with Gasteiger partial charge in [-0.1, -0.05) is 201 Å². The minimum Gasteiger partial charge on any atom is -0.462 e. The molecule has 0 heterocycles. The lowest BCUT2D eigenvalue weighted by molar-refractivity contribution is -0.166. The molecular weight excluding hydrogens is 793 g/mol. The highest BCUT2D eigenvalue weighted by atomic mass is 16.6. The number of carbonyl (C=O) groups excluding carboxylic acids is 3. The van der Waals surface area contributed by atoms with Crippen LogP contribution >= 0.6 is 0 Å². The van der Waals surface area contributed by atoms with Gasteiger partial charge in [0.05, 0.1) is 0 Å². The first-order chi connectivity index (χ1) is 31.5. The van der Waals surface area contributed by atoms with Crippen molar-refractivity contribution < 1.29 is 28.6 Å². The van der Waals surface area contributed by atoms with Crippen LogP contribution in [-0.4, -0.2) is 37.2 Å². The van der Waals surface area contributed by atoms with Crippen molar-refractivity contribution >= 4 is 17.9 Å². The Bertz CT molecular complexity index is 1300. The van der Waals surface area contributed by atoms with Crippen LogP contribution in [0, 0.1) is 0 Å². The zero-order valence-corrected chi connectivity index (χ0v) is 41.5. The lowest BCUT2D eigenvalue weighted by Crippen LogP contribution is -2.30. The molecule has 0 spiro atoms. The number of carbonyl (C=O) groups is 3. The van der Waals surface area contributed by atoms with E-state index in [1.165, 1.54) is 83.5 Å². The van der Waals surface area contributed by atoms with Crippen molar-refractivity contribution in [1.82, 2.24) is 0 Å². The highest BCUT2D eigenvalue weighted by Crippen LogP contribution is 2.13. The molecule has 0 saturated carbocycles. The van der Waals surface area contributed by atoms with Crippen LogP contribution in [0.3, 0.4) is 0 Å². The van der Waals surface area contributed by atoms with Crippen molar-refractivity contribution in [1.29, 1.82) is 0 Å². The summed E-state index contributed by atoms with van der Waals surface area (Å²) in [4.78, 5) is 38.0. The Hall–Kier alpha value is -3.67. The number of rotatable bonds is 46. The molecule has 0 amide bonds. The van der Waals surface area contributed by atoms with E-state index in [0.717, 1.165) is 103 Å². The molecule has 0 saturated heterocycles. The molecular formula is C58H96O6. The van der Waals surface area contributed by atoms with Crippen molar-refractivity contribution in [3.05, 3.63) is 97.2 Å². The van der Waals surface area contributed by atoms with E-state index in [9.17, 15) is 14.4 Å². The molecule has 1 unspecified atom stereocenters. The van der Waals surface area contributed by atoms with Crippen LogP contribution < -0.4 is 0 Å². The molecule has 0 aromatic rings. The summed E-state index contributed by atoms with van der Waals surface area (Å²) in [6.07, 6.45) is 68.3. The van der Waals surface area contributed by atoms with Crippen LogP contribution in [0.2, 0.25) is 0 Å². The Morgan fingerprint density at radius 1 is 0.328 bits per heavy atom. The third-order valence-corrected chi connectivity index (χ3v) is 10.8. The van der Waals surface area contributed by atoms with Crippen molar-refractivity contribution in [2.45, 2.75) is 239 Å². The normalized spacial score (nSPS) is 12.9. The first-order valence-electron chi connectivity index (χ1n) is 26.2. The Balaban J connectivity index is 4.52. The fourth-order valence-corrected chi connectivity index (χ4v) is 6.87. The van der Waals surface area contributed by atoms with Crippen LogP contribution in [0.15, 0.2) is 97.2 Å². The first kappa shape index (κ1) is 60.3. The monoisotopic (exact) mass is 889 g/mol. The molecule has 0 aliphatic rings. The maximum Gasteiger partial charge on any atom is 0.306 e. The van der Waals surface area contributed by atoms with Crippen molar-refractivity contribution in [3.63, 3.8) is 0 Å². The fraction of sp³-hybridized carbons (Fsp3) is 0.672. The smallest absolute Gasteiger partial charge is 0.306 e. The molecule has 1 atom stereocenters. The minimum atomic E-state index is -0.815. The SMILES string of the molecule is CC/C=C\C/C=C\C/C=C\C/C=C\C/C=C\C/C=C\CCC(=O)OCC(COC(=O)CCCCCCC/C=C\CCCCCC)OC(=O)CCCCCCC/C=C\CCCCCCC. The Kier molecular flexibility index (Phi) is 49.0. The highest BCUT2D eigenvalue weighted by molar-refractivity contribution is 5.71. The van der Waals surface area contributed by atoms with E-state index in [1.54, 1.807) is 0 Å².